The predicted molar refractivity (Wildman–Crippen MR) is 137 cm³/mol. The molecule has 0 saturated carbocycles. The van der Waals surface area contributed by atoms with Crippen molar-refractivity contribution in [3.8, 4) is 6.07 Å². The first-order valence-corrected chi connectivity index (χ1v) is 14.7. The zero-order valence-corrected chi connectivity index (χ0v) is 24.3. The van der Waals surface area contributed by atoms with Crippen molar-refractivity contribution in [1.29, 1.82) is 5.26 Å². The molecular weight excluding hydrogens is 544 g/mol. The SMILES string of the molecule is CO[C@@H]1[C@H](OP(NN(C(C)C)C(C)C)OCCC#N)[C@@H](OCP(=O)(OC)OC)O[C@H]1n1ccc(=O)[nH]c1=O. The molecule has 0 bridgehead atoms. The van der Waals surface area contributed by atoms with Crippen LogP contribution in [0.15, 0.2) is 21.9 Å². The molecular formula is C21H37N5O10P2. The minimum absolute atomic E-state index is 0.0648. The van der Waals surface area contributed by atoms with Crippen LogP contribution >= 0.6 is 16.1 Å². The van der Waals surface area contributed by atoms with E-state index < -0.39 is 58.4 Å². The predicted octanol–water partition coefficient (Wildman–Crippen LogP) is 2.03. The fourth-order valence-corrected chi connectivity index (χ4v) is 5.79. The summed E-state index contributed by atoms with van der Waals surface area (Å²) in [7, 11) is -1.65. The zero-order valence-electron chi connectivity index (χ0n) is 22.6. The second kappa shape index (κ2) is 15.3. The molecule has 1 aliphatic heterocycles. The molecule has 38 heavy (non-hydrogen) atoms. The third-order valence-electron chi connectivity index (χ3n) is 5.45. The molecule has 1 unspecified atom stereocenters. The highest BCUT2D eigenvalue weighted by molar-refractivity contribution is 7.53. The highest BCUT2D eigenvalue weighted by atomic mass is 31.2. The monoisotopic (exact) mass is 581 g/mol. The number of hydrogen-bond acceptors (Lipinski definition) is 13. The van der Waals surface area contributed by atoms with Crippen molar-refractivity contribution < 1.29 is 36.9 Å². The van der Waals surface area contributed by atoms with E-state index in [2.05, 4.69) is 10.2 Å². The average molecular weight is 582 g/mol. The Morgan fingerprint density at radius 3 is 2.39 bits per heavy atom. The Bertz CT molecular complexity index is 1060. The molecule has 17 heteroatoms. The van der Waals surface area contributed by atoms with Crippen molar-refractivity contribution in [2.45, 2.75) is 70.9 Å². The third kappa shape index (κ3) is 8.74. The second-order valence-electron chi connectivity index (χ2n) is 8.65. The molecule has 5 atom stereocenters. The number of aromatic amines is 1. The van der Waals surface area contributed by atoms with Gasteiger partial charge in [0.25, 0.3) is 14.1 Å². The van der Waals surface area contributed by atoms with Crippen LogP contribution in [0.5, 0.6) is 0 Å². The summed E-state index contributed by atoms with van der Waals surface area (Å²) in [6, 6.07) is 3.31. The van der Waals surface area contributed by atoms with Gasteiger partial charge in [-0.15, -0.1) is 0 Å². The molecule has 1 saturated heterocycles. The number of hydrogen-bond donors (Lipinski definition) is 2. The van der Waals surface area contributed by atoms with Crippen LogP contribution in [0.25, 0.3) is 0 Å². The minimum atomic E-state index is -3.60. The van der Waals surface area contributed by atoms with Gasteiger partial charge in [-0.2, -0.15) is 10.5 Å². The number of aromatic nitrogens is 2. The van der Waals surface area contributed by atoms with Gasteiger partial charge in [0.2, 0.25) is 0 Å². The van der Waals surface area contributed by atoms with Crippen LogP contribution in [0.4, 0.5) is 0 Å². The van der Waals surface area contributed by atoms with Crippen LogP contribution in [0.3, 0.4) is 0 Å². The Morgan fingerprint density at radius 1 is 1.21 bits per heavy atom. The van der Waals surface area contributed by atoms with Crippen molar-refractivity contribution in [3.05, 3.63) is 33.1 Å². The van der Waals surface area contributed by atoms with Crippen LogP contribution < -0.4 is 16.4 Å². The van der Waals surface area contributed by atoms with Gasteiger partial charge in [-0.05, 0) is 27.7 Å². The van der Waals surface area contributed by atoms with E-state index in [4.69, 9.17) is 37.6 Å². The molecule has 2 N–H and O–H groups in total. The van der Waals surface area contributed by atoms with Gasteiger partial charge < -0.3 is 32.3 Å². The Balaban J connectivity index is 2.43. The fourth-order valence-electron chi connectivity index (χ4n) is 3.59. The molecule has 2 rings (SSSR count). The first-order chi connectivity index (χ1) is 18.0. The Morgan fingerprint density at radius 2 is 1.87 bits per heavy atom. The van der Waals surface area contributed by atoms with Gasteiger partial charge in [0.05, 0.1) is 19.1 Å². The highest BCUT2D eigenvalue weighted by Gasteiger charge is 2.50. The number of rotatable bonds is 16. The summed E-state index contributed by atoms with van der Waals surface area (Å²) in [4.78, 5) is 26.3. The first-order valence-electron chi connectivity index (χ1n) is 11.8. The van der Waals surface area contributed by atoms with E-state index in [0.717, 1.165) is 10.6 Å². The summed E-state index contributed by atoms with van der Waals surface area (Å²) in [5.74, 6) is 0. The van der Waals surface area contributed by atoms with Crippen LogP contribution in [0.1, 0.15) is 40.3 Å². The standard InChI is InChI=1S/C21H37N5O10P2/c1-14(2)26(15(3)4)24-37(34-12-8-10-22)36-18-17(30-5)19(25-11-9-16(27)23-21(25)28)35-20(18)33-13-38(29,31-6)32-7/h9,11,14-15,17-20,24H,8,12-13H2,1-7H3,(H,23,27,28)/t17-,18+,19-,20+,37?/m1/s1. The lowest BCUT2D eigenvalue weighted by atomic mass is 10.2. The first kappa shape index (κ1) is 32.7. The lowest BCUT2D eigenvalue weighted by molar-refractivity contribution is -0.166. The van der Waals surface area contributed by atoms with Gasteiger partial charge in [-0.25, -0.2) is 9.80 Å². The van der Waals surface area contributed by atoms with E-state index in [1.54, 1.807) is 0 Å². The molecule has 1 aliphatic rings. The molecule has 1 fully saturated rings. The maximum Gasteiger partial charge on any atom is 0.355 e. The van der Waals surface area contributed by atoms with Crippen LogP contribution in [-0.2, 0) is 36.9 Å². The van der Waals surface area contributed by atoms with Gasteiger partial charge in [-0.1, -0.05) is 0 Å². The summed E-state index contributed by atoms with van der Waals surface area (Å²) in [5, 5.41) is 14.1. The van der Waals surface area contributed by atoms with Crippen molar-refractivity contribution >= 4 is 16.1 Å². The summed E-state index contributed by atoms with van der Waals surface area (Å²) in [6.07, 6.45) is -3.37. The van der Waals surface area contributed by atoms with Gasteiger partial charge in [0.15, 0.2) is 18.9 Å². The van der Waals surface area contributed by atoms with E-state index in [0.29, 0.717) is 0 Å². The van der Waals surface area contributed by atoms with Crippen molar-refractivity contribution in [2.24, 2.45) is 0 Å². The normalized spacial score (nSPS) is 22.9. The summed E-state index contributed by atoms with van der Waals surface area (Å²) >= 11 is 0. The number of methoxy groups -OCH3 is 1. The molecule has 15 nitrogen and oxygen atoms in total. The van der Waals surface area contributed by atoms with Crippen LogP contribution in [0, 0.1) is 11.3 Å². The molecule has 0 radical (unpaired) electrons. The highest BCUT2D eigenvalue weighted by Crippen LogP contribution is 2.49. The Hall–Kier alpha value is -1.53. The largest absolute Gasteiger partial charge is 0.374 e. The van der Waals surface area contributed by atoms with Crippen molar-refractivity contribution in [1.82, 2.24) is 19.8 Å². The van der Waals surface area contributed by atoms with E-state index >= 15 is 0 Å². The van der Waals surface area contributed by atoms with Crippen molar-refractivity contribution in [2.75, 3.05) is 34.3 Å². The van der Waals surface area contributed by atoms with Crippen LogP contribution in [0.2, 0.25) is 0 Å². The minimum Gasteiger partial charge on any atom is -0.374 e. The number of hydrazine groups is 1. The van der Waals surface area contributed by atoms with Gasteiger partial charge >= 0.3 is 13.3 Å². The van der Waals surface area contributed by atoms with E-state index in [1.807, 2.05) is 38.8 Å². The second-order valence-corrected chi connectivity index (χ2v) is 12.0. The van der Waals surface area contributed by atoms with Crippen molar-refractivity contribution in [3.63, 3.8) is 0 Å². The summed E-state index contributed by atoms with van der Waals surface area (Å²) < 4.78 is 53.3. The molecule has 0 aromatic carbocycles. The number of H-pyrrole nitrogens is 1. The molecule has 0 amide bonds. The van der Waals surface area contributed by atoms with E-state index in [9.17, 15) is 14.2 Å². The summed E-state index contributed by atoms with van der Waals surface area (Å²) in [5.41, 5.74) is -1.32. The maximum atomic E-state index is 12.6. The molecule has 2 heterocycles. The van der Waals surface area contributed by atoms with E-state index in [1.165, 1.54) is 27.5 Å². The number of nitriles is 1. The lowest BCUT2D eigenvalue weighted by Crippen LogP contribution is -2.46. The zero-order chi connectivity index (χ0) is 28.5. The topological polar surface area (TPSA) is 176 Å². The van der Waals surface area contributed by atoms with E-state index in [-0.39, 0.29) is 25.1 Å². The lowest BCUT2D eigenvalue weighted by Gasteiger charge is -2.35. The average Bonchev–Trinajstić information content (AvgIpc) is 3.21. The smallest absolute Gasteiger partial charge is 0.355 e. The van der Waals surface area contributed by atoms with Gasteiger partial charge in [0, 0.05) is 45.7 Å². The third-order valence-corrected chi connectivity index (χ3v) is 8.27. The molecule has 1 aromatic rings. The molecule has 0 spiro atoms. The Kier molecular flexibility index (Phi) is 13.2. The number of nitrogens with one attached hydrogen (secondary N) is 2. The van der Waals surface area contributed by atoms with Crippen LogP contribution in [-0.4, -0.2) is 79.4 Å². The number of nitrogens with zero attached hydrogens (tertiary/aromatic N) is 3. The maximum absolute atomic E-state index is 12.6. The molecule has 216 valence electrons. The molecule has 1 aromatic heterocycles. The quantitative estimate of drug-likeness (QED) is 0.165. The molecule has 0 aliphatic carbocycles. The fraction of sp³-hybridized carbons (Fsp3) is 0.762. The Labute approximate surface area is 222 Å². The van der Waals surface area contributed by atoms with Gasteiger partial charge in [-0.3, -0.25) is 18.9 Å². The summed E-state index contributed by atoms with van der Waals surface area (Å²) in [6.45, 7) is 8.04. The number of ether oxygens (including phenoxy) is 3. The van der Waals surface area contributed by atoms with Gasteiger partial charge in [0.1, 0.15) is 12.2 Å².